The smallest absolute Gasteiger partial charge is 0.254 e. The zero-order valence-corrected chi connectivity index (χ0v) is 24.9. The number of nitrogens with two attached hydrogens (primary N) is 1. The van der Waals surface area contributed by atoms with Crippen molar-refractivity contribution in [2.45, 2.75) is 12.8 Å². The van der Waals surface area contributed by atoms with Crippen molar-refractivity contribution >= 4 is 40.1 Å². The first-order valence-corrected chi connectivity index (χ1v) is 14.9. The van der Waals surface area contributed by atoms with Gasteiger partial charge in [0.2, 0.25) is 11.8 Å². The SMILES string of the molecule is NC(=O)C1(C(=O)N(c2ccc(F)cc2)c2ccc(Oc3ccnc4[nH]nc(-c5ccc(C(=O)N6CCOCC6)cc5)c34)c(F)c2)CC1. The number of primary amides is 1. The van der Waals surface area contributed by atoms with Crippen LogP contribution in [0.25, 0.3) is 22.3 Å². The molecule has 2 aliphatic rings. The van der Waals surface area contributed by atoms with E-state index < -0.39 is 28.9 Å². The maximum absolute atomic E-state index is 15.7. The van der Waals surface area contributed by atoms with Crippen molar-refractivity contribution in [1.29, 1.82) is 0 Å². The minimum atomic E-state index is -1.41. The number of fused-ring (bicyclic) bond motifs is 1. The fraction of sp³-hybridized carbons (Fsp3) is 0.206. The van der Waals surface area contributed by atoms with Crippen molar-refractivity contribution in [1.82, 2.24) is 20.1 Å². The molecule has 3 amide bonds. The van der Waals surface area contributed by atoms with Crippen LogP contribution >= 0.6 is 0 Å². The molecule has 3 heterocycles. The van der Waals surface area contributed by atoms with Crippen LogP contribution in [0, 0.1) is 17.0 Å². The van der Waals surface area contributed by atoms with E-state index >= 15 is 4.39 Å². The van der Waals surface area contributed by atoms with E-state index in [9.17, 15) is 18.8 Å². The number of nitrogens with one attached hydrogen (secondary N) is 1. The average Bonchev–Trinajstić information content (AvgIpc) is 3.80. The fourth-order valence-corrected chi connectivity index (χ4v) is 5.64. The molecule has 3 aromatic carbocycles. The number of carbonyl (C=O) groups excluding carboxylic acids is 3. The minimum absolute atomic E-state index is 0.0852. The Morgan fingerprint density at radius 1 is 0.915 bits per heavy atom. The van der Waals surface area contributed by atoms with Gasteiger partial charge >= 0.3 is 0 Å². The molecule has 2 fully saturated rings. The van der Waals surface area contributed by atoms with E-state index in [4.69, 9.17) is 15.2 Å². The van der Waals surface area contributed by atoms with Crippen LogP contribution < -0.4 is 15.4 Å². The number of benzene rings is 3. The molecule has 5 aromatic rings. The Hall–Kier alpha value is -5.69. The van der Waals surface area contributed by atoms with Crippen LogP contribution in [0.2, 0.25) is 0 Å². The van der Waals surface area contributed by atoms with E-state index in [1.54, 1.807) is 35.2 Å². The van der Waals surface area contributed by atoms with Gasteiger partial charge in [-0.15, -0.1) is 0 Å². The molecule has 1 saturated heterocycles. The number of nitrogens with zero attached hydrogens (tertiary/aromatic N) is 4. The molecule has 2 aromatic heterocycles. The third-order valence-electron chi connectivity index (χ3n) is 8.44. The van der Waals surface area contributed by atoms with Crippen molar-refractivity contribution in [3.8, 4) is 22.8 Å². The maximum Gasteiger partial charge on any atom is 0.254 e. The molecule has 11 nitrogen and oxygen atoms in total. The Morgan fingerprint density at radius 3 is 2.28 bits per heavy atom. The second kappa shape index (κ2) is 11.9. The highest BCUT2D eigenvalue weighted by Gasteiger charge is 2.57. The van der Waals surface area contributed by atoms with Gasteiger partial charge in [-0.3, -0.25) is 24.4 Å². The number of carbonyl (C=O) groups is 3. The highest BCUT2D eigenvalue weighted by molar-refractivity contribution is 6.16. The normalized spacial score (nSPS) is 15.3. The fourth-order valence-electron chi connectivity index (χ4n) is 5.64. The number of halogens is 2. The number of anilines is 2. The molecule has 0 radical (unpaired) electrons. The lowest BCUT2D eigenvalue weighted by molar-refractivity contribution is -0.133. The number of ether oxygens (including phenoxy) is 2. The third-order valence-corrected chi connectivity index (χ3v) is 8.44. The first kappa shape index (κ1) is 30.0. The molecule has 1 aliphatic carbocycles. The Morgan fingerprint density at radius 2 is 1.62 bits per heavy atom. The number of rotatable bonds is 8. The highest BCUT2D eigenvalue weighted by atomic mass is 19.1. The summed E-state index contributed by atoms with van der Waals surface area (Å²) in [7, 11) is 0. The Bertz CT molecular complexity index is 2000. The second-order valence-corrected chi connectivity index (χ2v) is 11.4. The zero-order chi connectivity index (χ0) is 32.7. The van der Waals surface area contributed by atoms with Crippen molar-refractivity contribution in [3.05, 3.63) is 96.2 Å². The van der Waals surface area contributed by atoms with Crippen LogP contribution in [-0.4, -0.2) is 64.1 Å². The molecule has 0 atom stereocenters. The molecule has 47 heavy (non-hydrogen) atoms. The van der Waals surface area contributed by atoms with Crippen LogP contribution in [0.15, 0.2) is 79.0 Å². The Balaban J connectivity index is 1.19. The van der Waals surface area contributed by atoms with Crippen molar-refractivity contribution in [2.24, 2.45) is 11.1 Å². The molecule has 3 N–H and O–H groups in total. The van der Waals surface area contributed by atoms with Gasteiger partial charge in [-0.2, -0.15) is 5.10 Å². The van der Waals surface area contributed by atoms with E-state index in [2.05, 4.69) is 15.2 Å². The van der Waals surface area contributed by atoms with Gasteiger partial charge in [0.1, 0.15) is 22.7 Å². The van der Waals surface area contributed by atoms with Crippen LogP contribution in [-0.2, 0) is 14.3 Å². The lowest BCUT2D eigenvalue weighted by atomic mass is 10.0. The van der Waals surface area contributed by atoms with Crippen LogP contribution in [0.3, 0.4) is 0 Å². The Labute approximate surface area is 266 Å². The maximum atomic E-state index is 15.7. The number of pyridine rings is 1. The molecule has 0 spiro atoms. The van der Waals surface area contributed by atoms with E-state index in [1.165, 1.54) is 42.6 Å². The summed E-state index contributed by atoms with van der Waals surface area (Å²) in [6.45, 7) is 2.07. The summed E-state index contributed by atoms with van der Waals surface area (Å²) >= 11 is 0. The number of H-pyrrole nitrogens is 1. The van der Waals surface area contributed by atoms with Crippen LogP contribution in [0.4, 0.5) is 20.2 Å². The lowest BCUT2D eigenvalue weighted by Crippen LogP contribution is -2.41. The monoisotopic (exact) mass is 638 g/mol. The summed E-state index contributed by atoms with van der Waals surface area (Å²) in [5.74, 6) is -2.69. The van der Waals surface area contributed by atoms with Gasteiger partial charge in [-0.05, 0) is 67.4 Å². The number of amides is 3. The van der Waals surface area contributed by atoms with Gasteiger partial charge in [0.15, 0.2) is 17.2 Å². The van der Waals surface area contributed by atoms with Gasteiger partial charge in [-0.1, -0.05) is 12.1 Å². The summed E-state index contributed by atoms with van der Waals surface area (Å²) < 4.78 is 40.8. The predicted octanol–water partition coefficient (Wildman–Crippen LogP) is 5.10. The molecular weight excluding hydrogens is 610 g/mol. The molecule has 7 rings (SSSR count). The van der Waals surface area contributed by atoms with Gasteiger partial charge in [0.05, 0.1) is 24.3 Å². The molecule has 1 aliphatic heterocycles. The summed E-state index contributed by atoms with van der Waals surface area (Å²) in [4.78, 5) is 45.9. The largest absolute Gasteiger partial charge is 0.453 e. The lowest BCUT2D eigenvalue weighted by Gasteiger charge is -2.27. The first-order valence-electron chi connectivity index (χ1n) is 14.9. The van der Waals surface area contributed by atoms with Crippen molar-refractivity contribution < 1.29 is 32.6 Å². The third kappa shape index (κ3) is 5.54. The Kier molecular flexibility index (Phi) is 7.60. The van der Waals surface area contributed by atoms with Gasteiger partial charge in [-0.25, -0.2) is 13.8 Å². The highest BCUT2D eigenvalue weighted by Crippen LogP contribution is 2.49. The van der Waals surface area contributed by atoms with Gasteiger partial charge < -0.3 is 20.1 Å². The van der Waals surface area contributed by atoms with E-state index in [-0.39, 0.29) is 41.6 Å². The van der Waals surface area contributed by atoms with Crippen LogP contribution in [0.1, 0.15) is 23.2 Å². The van der Waals surface area contributed by atoms with E-state index in [0.717, 1.165) is 11.0 Å². The van der Waals surface area contributed by atoms with Gasteiger partial charge in [0.25, 0.3) is 5.91 Å². The summed E-state index contributed by atoms with van der Waals surface area (Å²) in [5, 5.41) is 7.77. The molecule has 13 heteroatoms. The predicted molar refractivity (Wildman–Crippen MR) is 167 cm³/mol. The summed E-state index contributed by atoms with van der Waals surface area (Å²) in [6.07, 6.45) is 2.02. The van der Waals surface area contributed by atoms with Crippen molar-refractivity contribution in [2.75, 3.05) is 31.2 Å². The quantitative estimate of drug-likeness (QED) is 0.225. The van der Waals surface area contributed by atoms with Gasteiger partial charge in [0, 0.05) is 42.2 Å². The average molecular weight is 639 g/mol. The number of hydrogen-bond acceptors (Lipinski definition) is 7. The molecule has 0 bridgehead atoms. The minimum Gasteiger partial charge on any atom is -0.453 e. The summed E-state index contributed by atoms with van der Waals surface area (Å²) in [6, 6.07) is 17.6. The number of aromatic amines is 1. The van der Waals surface area contributed by atoms with E-state index in [0.29, 0.717) is 54.2 Å². The molecule has 0 unspecified atom stereocenters. The van der Waals surface area contributed by atoms with Crippen molar-refractivity contribution in [3.63, 3.8) is 0 Å². The molecule has 1 saturated carbocycles. The second-order valence-electron chi connectivity index (χ2n) is 11.4. The first-order chi connectivity index (χ1) is 22.7. The number of hydrogen-bond donors (Lipinski definition) is 2. The standard InChI is InChI=1S/C34H28F2N6O5/c35-22-5-7-23(8-6-22)42(33(45)34(12-13-34)32(37)44)24-9-10-26(25(36)19-24)47-27-11-14-38-30-28(27)29(39-40-30)20-1-3-21(4-2-20)31(43)41-15-17-46-18-16-41/h1-11,14,19H,12-13,15-18H2,(H2,37,44)(H,38,39,40). The van der Waals surface area contributed by atoms with Crippen LogP contribution in [0.5, 0.6) is 11.5 Å². The zero-order valence-electron chi connectivity index (χ0n) is 24.9. The number of morpholine rings is 1. The molecular formula is C34H28F2N6O5. The van der Waals surface area contributed by atoms with E-state index in [1.807, 2.05) is 0 Å². The summed E-state index contributed by atoms with van der Waals surface area (Å²) in [5.41, 5.74) is 6.60. The number of aromatic nitrogens is 3. The topological polar surface area (TPSA) is 144 Å². The molecule has 238 valence electrons.